The van der Waals surface area contributed by atoms with Crippen LogP contribution < -0.4 is 0 Å². The third-order valence-corrected chi connectivity index (χ3v) is 5.53. The van der Waals surface area contributed by atoms with Crippen LogP contribution in [0, 0.1) is 29.6 Å². The number of hydrogen-bond donors (Lipinski definition) is 0. The van der Waals surface area contributed by atoms with Gasteiger partial charge in [-0.25, -0.2) is 0 Å². The summed E-state index contributed by atoms with van der Waals surface area (Å²) in [5, 5.41) is 0. The molecular formula is C20H42. The van der Waals surface area contributed by atoms with Crippen molar-refractivity contribution < 1.29 is 0 Å². The van der Waals surface area contributed by atoms with Gasteiger partial charge < -0.3 is 0 Å². The highest BCUT2D eigenvalue weighted by atomic mass is 14.3. The van der Waals surface area contributed by atoms with Crippen LogP contribution in [0.15, 0.2) is 0 Å². The smallest absolute Gasteiger partial charge is 0.0386 e. The molecule has 0 aromatic rings. The lowest BCUT2D eigenvalue weighted by atomic mass is 9.70. The monoisotopic (exact) mass is 282 g/mol. The van der Waals surface area contributed by atoms with Gasteiger partial charge in [-0.05, 0) is 42.4 Å². The summed E-state index contributed by atoms with van der Waals surface area (Å²) in [4.78, 5) is 0. The van der Waals surface area contributed by atoms with Gasteiger partial charge in [0.05, 0.1) is 0 Å². The summed E-state index contributed by atoms with van der Waals surface area (Å²) in [6.45, 7) is 15.4. The summed E-state index contributed by atoms with van der Waals surface area (Å²) in [6.07, 6.45) is 12.1. The first-order chi connectivity index (χ1) is 9.66. The van der Waals surface area contributed by atoms with E-state index in [1.165, 1.54) is 51.4 Å². The van der Waals surface area contributed by atoms with Crippen molar-refractivity contribution in [2.24, 2.45) is 29.6 Å². The van der Waals surface area contributed by atoms with Crippen LogP contribution in [-0.2, 0) is 0 Å². The Bertz CT molecular complexity index is 198. The molecule has 122 valence electrons. The third kappa shape index (κ3) is 6.64. The summed E-state index contributed by atoms with van der Waals surface area (Å²) in [5.74, 6) is 5.19. The third-order valence-electron chi connectivity index (χ3n) is 5.53. The molecule has 0 heterocycles. The topological polar surface area (TPSA) is 0 Å². The molecule has 2 aliphatic carbocycles. The molecule has 0 amide bonds. The predicted octanol–water partition coefficient (Wildman–Crippen LogP) is 7.33. The van der Waals surface area contributed by atoms with Gasteiger partial charge in [0.15, 0.2) is 0 Å². The molecule has 0 spiro atoms. The molecule has 2 fully saturated rings. The van der Waals surface area contributed by atoms with Crippen molar-refractivity contribution in [1.29, 1.82) is 0 Å². The maximum Gasteiger partial charge on any atom is -0.0386 e. The van der Waals surface area contributed by atoms with Crippen molar-refractivity contribution in [3.05, 3.63) is 0 Å². The summed E-state index contributed by atoms with van der Waals surface area (Å²) in [7, 11) is 0. The van der Waals surface area contributed by atoms with Gasteiger partial charge in [0.2, 0.25) is 0 Å². The Morgan fingerprint density at radius 3 is 1.90 bits per heavy atom. The van der Waals surface area contributed by atoms with E-state index in [9.17, 15) is 0 Å². The molecule has 0 heteroatoms. The molecule has 0 radical (unpaired) electrons. The summed E-state index contributed by atoms with van der Waals surface area (Å²) < 4.78 is 0. The first kappa shape index (κ1) is 20.0. The Labute approximate surface area is 130 Å². The van der Waals surface area contributed by atoms with E-state index < -0.39 is 0 Å². The lowest BCUT2D eigenvalue weighted by Crippen LogP contribution is -2.25. The Morgan fingerprint density at radius 1 is 0.950 bits per heavy atom. The quantitative estimate of drug-likeness (QED) is 0.478. The van der Waals surface area contributed by atoms with Gasteiger partial charge in [-0.1, -0.05) is 87.0 Å². The van der Waals surface area contributed by atoms with Crippen molar-refractivity contribution in [3.8, 4) is 0 Å². The van der Waals surface area contributed by atoms with E-state index >= 15 is 0 Å². The summed E-state index contributed by atoms with van der Waals surface area (Å²) >= 11 is 0. The lowest BCUT2D eigenvalue weighted by molar-refractivity contribution is 0.150. The highest BCUT2D eigenvalue weighted by molar-refractivity contribution is 4.79. The van der Waals surface area contributed by atoms with E-state index in [4.69, 9.17) is 0 Å². The van der Waals surface area contributed by atoms with Gasteiger partial charge in [0, 0.05) is 0 Å². The van der Waals surface area contributed by atoms with Crippen LogP contribution >= 0.6 is 0 Å². The molecule has 2 saturated carbocycles. The zero-order chi connectivity index (χ0) is 15.5. The van der Waals surface area contributed by atoms with Crippen molar-refractivity contribution >= 4 is 0 Å². The van der Waals surface area contributed by atoms with Gasteiger partial charge in [-0.3, -0.25) is 0 Å². The van der Waals surface area contributed by atoms with Crippen LogP contribution in [0.5, 0.6) is 0 Å². The van der Waals surface area contributed by atoms with Gasteiger partial charge in [-0.2, -0.15) is 0 Å². The second-order valence-corrected chi connectivity index (χ2v) is 6.90. The second kappa shape index (κ2) is 11.6. The van der Waals surface area contributed by atoms with Crippen molar-refractivity contribution in [3.63, 3.8) is 0 Å². The van der Waals surface area contributed by atoms with Crippen molar-refractivity contribution in [2.75, 3.05) is 0 Å². The maximum absolute atomic E-state index is 2.50. The molecule has 2 aliphatic rings. The van der Waals surface area contributed by atoms with Crippen LogP contribution in [0.25, 0.3) is 0 Å². The predicted molar refractivity (Wildman–Crippen MR) is 94.1 cm³/mol. The van der Waals surface area contributed by atoms with Gasteiger partial charge in [0.25, 0.3) is 0 Å². The Balaban J connectivity index is 0.000000829. The normalized spacial score (nSPS) is 27.8. The minimum atomic E-state index is 0.975. The zero-order valence-electron chi connectivity index (χ0n) is 15.5. The van der Waals surface area contributed by atoms with Gasteiger partial charge in [-0.15, -0.1) is 0 Å². The average molecular weight is 283 g/mol. The molecular weight excluding hydrogens is 240 g/mol. The molecule has 0 nitrogen and oxygen atoms in total. The van der Waals surface area contributed by atoms with E-state index in [-0.39, 0.29) is 0 Å². The first-order valence-corrected chi connectivity index (χ1v) is 9.66. The summed E-state index contributed by atoms with van der Waals surface area (Å²) in [5.41, 5.74) is 0. The molecule has 20 heavy (non-hydrogen) atoms. The number of hydrogen-bond acceptors (Lipinski definition) is 0. The van der Waals surface area contributed by atoms with Crippen LogP contribution in [0.2, 0.25) is 0 Å². The fourth-order valence-corrected chi connectivity index (χ4v) is 3.73. The van der Waals surface area contributed by atoms with Crippen LogP contribution in [0.1, 0.15) is 99.8 Å². The largest absolute Gasteiger partial charge is 0.0683 e. The molecule has 2 atom stereocenters. The fraction of sp³-hybridized carbons (Fsp3) is 1.00. The zero-order valence-corrected chi connectivity index (χ0v) is 15.5. The van der Waals surface area contributed by atoms with E-state index in [1.807, 2.05) is 27.7 Å². The molecule has 0 saturated heterocycles. The minimum Gasteiger partial charge on any atom is -0.0683 e. The Morgan fingerprint density at radius 2 is 1.50 bits per heavy atom. The molecule has 0 bridgehead atoms. The minimum absolute atomic E-state index is 0.975. The molecule has 2 unspecified atom stereocenters. The molecule has 0 aromatic heterocycles. The van der Waals surface area contributed by atoms with Crippen LogP contribution in [-0.4, -0.2) is 0 Å². The molecule has 0 aliphatic heterocycles. The highest BCUT2D eigenvalue weighted by Crippen LogP contribution is 2.40. The molecule has 0 aromatic carbocycles. The molecule has 2 rings (SSSR count). The Hall–Kier alpha value is 0. The van der Waals surface area contributed by atoms with Gasteiger partial charge >= 0.3 is 0 Å². The number of rotatable bonds is 6. The maximum atomic E-state index is 2.50. The standard InChI is InChI=1S/C16H30.2C2H6/c1-12-10-15(11-12)7-4-6-13(2)14(3)16-8-5-9-16;2*1-2/h12-16H,4-11H2,1-3H3;2*1-2H3. The Kier molecular flexibility index (Phi) is 11.6. The van der Waals surface area contributed by atoms with E-state index in [2.05, 4.69) is 20.8 Å². The van der Waals surface area contributed by atoms with E-state index in [1.54, 1.807) is 0 Å². The second-order valence-electron chi connectivity index (χ2n) is 6.90. The van der Waals surface area contributed by atoms with E-state index in [0.29, 0.717) is 0 Å². The fourth-order valence-electron chi connectivity index (χ4n) is 3.73. The molecule has 0 N–H and O–H groups in total. The van der Waals surface area contributed by atoms with Gasteiger partial charge in [0.1, 0.15) is 0 Å². The SMILES string of the molecule is CC.CC.CC1CC(CCCC(C)C(C)C2CCC2)C1. The first-order valence-electron chi connectivity index (χ1n) is 9.66. The van der Waals surface area contributed by atoms with Crippen LogP contribution in [0.4, 0.5) is 0 Å². The average Bonchev–Trinajstić information content (AvgIpc) is 2.39. The lowest BCUT2D eigenvalue weighted by Gasteiger charge is -2.36. The van der Waals surface area contributed by atoms with Crippen LogP contribution in [0.3, 0.4) is 0 Å². The van der Waals surface area contributed by atoms with E-state index in [0.717, 1.165) is 29.6 Å². The van der Waals surface area contributed by atoms with Crippen molar-refractivity contribution in [2.45, 2.75) is 99.8 Å². The van der Waals surface area contributed by atoms with Crippen molar-refractivity contribution in [1.82, 2.24) is 0 Å². The highest BCUT2D eigenvalue weighted by Gasteiger charge is 2.28. The summed E-state index contributed by atoms with van der Waals surface area (Å²) in [6, 6.07) is 0.